The van der Waals surface area contributed by atoms with E-state index in [1.54, 1.807) is 17.3 Å². The summed E-state index contributed by atoms with van der Waals surface area (Å²) in [5.74, 6) is 0.905. The molecule has 0 N–H and O–H groups in total. The van der Waals surface area contributed by atoms with E-state index < -0.39 is 5.60 Å². The molecule has 0 saturated carbocycles. The van der Waals surface area contributed by atoms with Crippen LogP contribution in [-0.2, 0) is 4.74 Å². The number of rotatable bonds is 1. The Bertz CT molecular complexity index is 724. The number of hydrogen-bond donors (Lipinski definition) is 0. The second-order valence-electron chi connectivity index (χ2n) is 6.74. The van der Waals surface area contributed by atoms with Crippen LogP contribution in [0.5, 0.6) is 0 Å². The molecule has 3 rings (SSSR count). The topological polar surface area (TPSA) is 72.6 Å². The molecule has 1 aliphatic heterocycles. The number of halogens is 1. The maximum atomic E-state index is 12.3. The summed E-state index contributed by atoms with van der Waals surface area (Å²) in [5.41, 5.74) is 0.0451. The largest absolute Gasteiger partial charge is 0.444 e. The molecule has 2 aromatic rings. The number of amides is 1. The minimum atomic E-state index is -0.495. The highest BCUT2D eigenvalue weighted by Gasteiger charge is 2.30. The van der Waals surface area contributed by atoms with Gasteiger partial charge in [0.2, 0.25) is 0 Å². The lowest BCUT2D eigenvalue weighted by atomic mass is 9.97. The molecule has 0 bridgehead atoms. The third-order valence-electron chi connectivity index (χ3n) is 3.75. The summed E-state index contributed by atoms with van der Waals surface area (Å²) in [7, 11) is 0. The monoisotopic (exact) mass is 337 g/mol. The quantitative estimate of drug-likeness (QED) is 0.800. The Morgan fingerprint density at radius 1 is 1.39 bits per heavy atom. The van der Waals surface area contributed by atoms with Crippen molar-refractivity contribution in [2.24, 2.45) is 0 Å². The molecule has 1 atom stereocenters. The zero-order chi connectivity index (χ0) is 16.6. The van der Waals surface area contributed by atoms with Crippen molar-refractivity contribution >= 4 is 23.3 Å². The minimum Gasteiger partial charge on any atom is -0.444 e. The number of aromatic nitrogens is 4. The number of hydrogen-bond acceptors (Lipinski definition) is 5. The number of nitrogens with zero attached hydrogens (tertiary/aromatic N) is 5. The molecule has 1 saturated heterocycles. The molecule has 0 radical (unpaired) electrons. The Balaban J connectivity index is 1.80. The van der Waals surface area contributed by atoms with Crippen molar-refractivity contribution in [3.05, 3.63) is 23.4 Å². The number of likely N-dealkylation sites (tertiary alicyclic amines) is 1. The molecule has 23 heavy (non-hydrogen) atoms. The number of fused-ring (bicyclic) bond motifs is 1. The van der Waals surface area contributed by atoms with Gasteiger partial charge in [-0.05, 0) is 33.6 Å². The first-order chi connectivity index (χ1) is 10.8. The standard InChI is InChI=1S/C15H20ClN5O2/c1-15(2,3)23-14(22)20-7-4-5-10(9-20)12-18-19-13-11(16)17-6-8-21(12)13/h6,8,10H,4-5,7,9H2,1-3H3/t10-/m0/s1. The molecule has 0 aromatic carbocycles. The van der Waals surface area contributed by atoms with Crippen molar-refractivity contribution < 1.29 is 9.53 Å². The van der Waals surface area contributed by atoms with Crippen molar-refractivity contribution in [2.45, 2.75) is 45.1 Å². The predicted molar refractivity (Wildman–Crippen MR) is 85.6 cm³/mol. The van der Waals surface area contributed by atoms with Crippen LogP contribution in [0.15, 0.2) is 12.4 Å². The van der Waals surface area contributed by atoms with Crippen LogP contribution in [0.2, 0.25) is 5.15 Å². The molecule has 1 fully saturated rings. The Morgan fingerprint density at radius 3 is 2.91 bits per heavy atom. The second kappa shape index (κ2) is 5.96. The van der Waals surface area contributed by atoms with Gasteiger partial charge in [0.25, 0.3) is 0 Å². The van der Waals surface area contributed by atoms with Crippen LogP contribution < -0.4 is 0 Å². The van der Waals surface area contributed by atoms with Gasteiger partial charge in [0, 0.05) is 31.4 Å². The Labute approximate surface area is 139 Å². The van der Waals surface area contributed by atoms with Gasteiger partial charge >= 0.3 is 6.09 Å². The van der Waals surface area contributed by atoms with Crippen LogP contribution in [0.25, 0.3) is 5.65 Å². The molecule has 0 unspecified atom stereocenters. The van der Waals surface area contributed by atoms with Crippen LogP contribution >= 0.6 is 11.6 Å². The molecular formula is C15H20ClN5O2. The molecule has 0 aliphatic carbocycles. The van der Waals surface area contributed by atoms with E-state index in [2.05, 4.69) is 15.2 Å². The first-order valence-electron chi connectivity index (χ1n) is 7.68. The lowest BCUT2D eigenvalue weighted by Gasteiger charge is -2.33. The van der Waals surface area contributed by atoms with Crippen LogP contribution in [-0.4, -0.2) is 49.3 Å². The summed E-state index contributed by atoms with van der Waals surface area (Å²) in [6.07, 6.45) is 4.98. The number of piperidine rings is 1. The highest BCUT2D eigenvalue weighted by Crippen LogP contribution is 2.28. The normalized spacial score (nSPS) is 19.1. The van der Waals surface area contributed by atoms with E-state index in [9.17, 15) is 4.79 Å². The lowest BCUT2D eigenvalue weighted by molar-refractivity contribution is 0.0195. The zero-order valence-electron chi connectivity index (χ0n) is 13.5. The fraction of sp³-hybridized carbons (Fsp3) is 0.600. The molecule has 3 heterocycles. The maximum Gasteiger partial charge on any atom is 0.410 e. The van der Waals surface area contributed by atoms with E-state index >= 15 is 0 Å². The van der Waals surface area contributed by atoms with Gasteiger partial charge in [0.15, 0.2) is 10.8 Å². The molecule has 8 heteroatoms. The van der Waals surface area contributed by atoms with Crippen LogP contribution in [0.1, 0.15) is 45.4 Å². The molecule has 0 spiro atoms. The van der Waals surface area contributed by atoms with Crippen LogP contribution in [0.4, 0.5) is 4.79 Å². The molecule has 7 nitrogen and oxygen atoms in total. The average Bonchev–Trinajstić information content (AvgIpc) is 2.91. The highest BCUT2D eigenvalue weighted by molar-refractivity contribution is 6.32. The van der Waals surface area contributed by atoms with Crippen molar-refractivity contribution in [1.29, 1.82) is 0 Å². The van der Waals surface area contributed by atoms with E-state index in [-0.39, 0.29) is 12.0 Å². The molecule has 1 amide bonds. The summed E-state index contributed by atoms with van der Waals surface area (Å²) in [5, 5.41) is 8.69. The number of carbonyl (C=O) groups is 1. The zero-order valence-corrected chi connectivity index (χ0v) is 14.2. The second-order valence-corrected chi connectivity index (χ2v) is 7.09. The van der Waals surface area contributed by atoms with Crippen molar-refractivity contribution in [2.75, 3.05) is 13.1 Å². The third kappa shape index (κ3) is 3.39. The van der Waals surface area contributed by atoms with Gasteiger partial charge in [-0.15, -0.1) is 10.2 Å². The van der Waals surface area contributed by atoms with E-state index in [1.165, 1.54) is 0 Å². The average molecular weight is 338 g/mol. The Kier molecular flexibility index (Phi) is 4.14. The SMILES string of the molecule is CC(C)(C)OC(=O)N1CCC[C@H](c2nnc3c(Cl)nccn23)C1. The summed E-state index contributed by atoms with van der Waals surface area (Å²) >= 11 is 6.04. The van der Waals surface area contributed by atoms with Gasteiger partial charge < -0.3 is 9.64 Å². The Morgan fingerprint density at radius 2 is 2.17 bits per heavy atom. The van der Waals surface area contributed by atoms with Crippen LogP contribution in [0, 0.1) is 0 Å². The summed E-state index contributed by atoms with van der Waals surface area (Å²) in [6, 6.07) is 0. The van der Waals surface area contributed by atoms with Crippen LogP contribution in [0.3, 0.4) is 0 Å². The first kappa shape index (κ1) is 16.0. The smallest absolute Gasteiger partial charge is 0.410 e. The third-order valence-corrected chi connectivity index (χ3v) is 4.02. The first-order valence-corrected chi connectivity index (χ1v) is 8.06. The van der Waals surface area contributed by atoms with Gasteiger partial charge in [0.1, 0.15) is 11.4 Å². The lowest BCUT2D eigenvalue weighted by Crippen LogP contribution is -2.42. The van der Waals surface area contributed by atoms with E-state index in [0.717, 1.165) is 18.7 Å². The van der Waals surface area contributed by atoms with E-state index in [0.29, 0.717) is 23.9 Å². The fourth-order valence-corrected chi connectivity index (χ4v) is 2.96. The van der Waals surface area contributed by atoms with Gasteiger partial charge in [-0.3, -0.25) is 4.40 Å². The van der Waals surface area contributed by atoms with Crippen molar-refractivity contribution in [1.82, 2.24) is 24.5 Å². The summed E-state index contributed by atoms with van der Waals surface area (Å²) < 4.78 is 7.31. The minimum absolute atomic E-state index is 0.102. The summed E-state index contributed by atoms with van der Waals surface area (Å²) in [6.45, 7) is 6.87. The number of ether oxygens (including phenoxy) is 1. The van der Waals surface area contributed by atoms with E-state index in [1.807, 2.05) is 25.2 Å². The van der Waals surface area contributed by atoms with Gasteiger partial charge in [0.05, 0.1) is 0 Å². The molecule has 124 valence electrons. The van der Waals surface area contributed by atoms with Gasteiger partial charge in [-0.2, -0.15) is 0 Å². The molecule has 2 aromatic heterocycles. The number of carbonyl (C=O) groups excluding carboxylic acids is 1. The van der Waals surface area contributed by atoms with Gasteiger partial charge in [-0.25, -0.2) is 9.78 Å². The molecular weight excluding hydrogens is 318 g/mol. The Hall–Kier alpha value is -1.89. The van der Waals surface area contributed by atoms with Gasteiger partial charge in [-0.1, -0.05) is 11.6 Å². The van der Waals surface area contributed by atoms with E-state index in [4.69, 9.17) is 16.3 Å². The fourth-order valence-electron chi connectivity index (χ4n) is 2.77. The highest BCUT2D eigenvalue weighted by atomic mass is 35.5. The maximum absolute atomic E-state index is 12.3. The molecule has 1 aliphatic rings. The van der Waals surface area contributed by atoms with Crippen molar-refractivity contribution in [3.8, 4) is 0 Å². The summed E-state index contributed by atoms with van der Waals surface area (Å²) in [4.78, 5) is 18.0. The van der Waals surface area contributed by atoms with Crippen molar-refractivity contribution in [3.63, 3.8) is 0 Å². The predicted octanol–water partition coefficient (Wildman–Crippen LogP) is 2.89.